The Morgan fingerprint density at radius 1 is 1.17 bits per heavy atom. The smallest absolute Gasteiger partial charge is 0.271 e. The summed E-state index contributed by atoms with van der Waals surface area (Å²) in [5.41, 5.74) is 1.53. The summed E-state index contributed by atoms with van der Waals surface area (Å²) < 4.78 is 2.15. The lowest BCUT2D eigenvalue weighted by Gasteiger charge is -2.20. The molecular formula is C20H16N4O2S4. The maximum atomic E-state index is 13.1. The largest absolute Gasteiger partial charge is 0.290 e. The molecule has 1 atom stereocenters. The number of fused-ring (bicyclic) bond motifs is 1. The summed E-state index contributed by atoms with van der Waals surface area (Å²) in [4.78, 5) is 32.4. The van der Waals surface area contributed by atoms with E-state index in [0.29, 0.717) is 21.8 Å². The van der Waals surface area contributed by atoms with Gasteiger partial charge in [-0.15, -0.1) is 34.0 Å². The van der Waals surface area contributed by atoms with Crippen molar-refractivity contribution in [2.75, 3.05) is 5.75 Å². The van der Waals surface area contributed by atoms with Crippen LogP contribution in [0.25, 0.3) is 10.2 Å². The highest BCUT2D eigenvalue weighted by atomic mass is 32.2. The van der Waals surface area contributed by atoms with E-state index < -0.39 is 0 Å². The Labute approximate surface area is 188 Å². The van der Waals surface area contributed by atoms with E-state index in [9.17, 15) is 9.59 Å². The third kappa shape index (κ3) is 3.53. The van der Waals surface area contributed by atoms with Gasteiger partial charge in [-0.25, -0.2) is 9.99 Å². The quantitative estimate of drug-likeness (QED) is 0.315. The SMILES string of the molecule is Cn1c(SCC(=O)N2N=C(c3cccs3)CC2c2cccs2)nc2ccsc2c1=O. The predicted molar refractivity (Wildman–Crippen MR) is 125 cm³/mol. The molecule has 0 aliphatic carbocycles. The van der Waals surface area contributed by atoms with Crippen LogP contribution in [-0.4, -0.2) is 31.9 Å². The van der Waals surface area contributed by atoms with E-state index in [1.54, 1.807) is 34.7 Å². The van der Waals surface area contributed by atoms with Crippen molar-refractivity contribution in [1.82, 2.24) is 14.6 Å². The van der Waals surface area contributed by atoms with Crippen LogP contribution in [0.15, 0.2) is 61.5 Å². The molecule has 4 aromatic heterocycles. The molecule has 4 aromatic rings. The first-order valence-corrected chi connectivity index (χ1v) is 12.8. The lowest BCUT2D eigenvalue weighted by Crippen LogP contribution is -2.28. The third-order valence-electron chi connectivity index (χ3n) is 4.81. The van der Waals surface area contributed by atoms with Gasteiger partial charge in [0.05, 0.1) is 27.9 Å². The van der Waals surface area contributed by atoms with Crippen LogP contribution in [0.4, 0.5) is 0 Å². The van der Waals surface area contributed by atoms with Gasteiger partial charge in [0.1, 0.15) is 4.70 Å². The number of thiophene rings is 3. The van der Waals surface area contributed by atoms with Crippen molar-refractivity contribution in [3.8, 4) is 0 Å². The van der Waals surface area contributed by atoms with Crippen LogP contribution in [0.3, 0.4) is 0 Å². The minimum atomic E-state index is -0.0929. The van der Waals surface area contributed by atoms with Crippen molar-refractivity contribution in [2.45, 2.75) is 17.6 Å². The predicted octanol–water partition coefficient (Wildman–Crippen LogP) is 4.59. The van der Waals surface area contributed by atoms with E-state index in [1.807, 2.05) is 46.5 Å². The first-order valence-electron chi connectivity index (χ1n) is 9.15. The molecule has 1 unspecified atom stereocenters. The molecule has 152 valence electrons. The standard InChI is InChI=1S/C20H16N4O2S4/c1-23-19(26)18-12(6-9-29-18)21-20(23)30-11-17(25)24-14(16-5-3-8-28-16)10-13(22-24)15-4-2-7-27-15/h2-9,14H,10-11H2,1H3. The first-order chi connectivity index (χ1) is 14.6. The number of hydrogen-bond donors (Lipinski definition) is 0. The van der Waals surface area contributed by atoms with Gasteiger partial charge < -0.3 is 0 Å². The number of aromatic nitrogens is 2. The monoisotopic (exact) mass is 472 g/mol. The fourth-order valence-corrected chi connectivity index (χ4v) is 6.49. The van der Waals surface area contributed by atoms with Crippen LogP contribution < -0.4 is 5.56 Å². The van der Waals surface area contributed by atoms with Crippen LogP contribution >= 0.6 is 45.8 Å². The summed E-state index contributed by atoms with van der Waals surface area (Å²) in [5.74, 6) is 0.0728. The Balaban J connectivity index is 1.40. The van der Waals surface area contributed by atoms with Crippen LogP contribution in [0.2, 0.25) is 0 Å². The zero-order valence-electron chi connectivity index (χ0n) is 15.8. The molecule has 0 fully saturated rings. The number of rotatable bonds is 5. The third-order valence-corrected chi connectivity index (χ3v) is 8.61. The minimum Gasteiger partial charge on any atom is -0.290 e. The average Bonchev–Trinajstić information content (AvgIpc) is 3.55. The number of thioether (sulfide) groups is 1. The second-order valence-electron chi connectivity index (χ2n) is 6.68. The van der Waals surface area contributed by atoms with E-state index in [-0.39, 0.29) is 23.3 Å². The summed E-state index contributed by atoms with van der Waals surface area (Å²) in [6.07, 6.45) is 0.703. The van der Waals surface area contributed by atoms with E-state index >= 15 is 0 Å². The van der Waals surface area contributed by atoms with E-state index in [2.05, 4.69) is 10.1 Å². The van der Waals surface area contributed by atoms with E-state index in [0.717, 1.165) is 15.5 Å². The van der Waals surface area contributed by atoms with Crippen molar-refractivity contribution in [2.24, 2.45) is 12.1 Å². The summed E-state index contributed by atoms with van der Waals surface area (Å²) in [5, 5.41) is 12.7. The molecule has 0 N–H and O–H groups in total. The van der Waals surface area contributed by atoms with Gasteiger partial charge in [0.2, 0.25) is 0 Å². The number of carbonyl (C=O) groups excluding carboxylic acids is 1. The van der Waals surface area contributed by atoms with Crippen molar-refractivity contribution >= 4 is 67.6 Å². The van der Waals surface area contributed by atoms with Crippen LogP contribution in [-0.2, 0) is 11.8 Å². The summed E-state index contributed by atoms with van der Waals surface area (Å²) in [6, 6.07) is 9.81. The molecule has 1 amide bonds. The van der Waals surface area contributed by atoms with Crippen LogP contribution in [0.5, 0.6) is 0 Å². The summed E-state index contributed by atoms with van der Waals surface area (Å²) in [7, 11) is 1.69. The van der Waals surface area contributed by atoms with E-state index in [1.165, 1.54) is 27.7 Å². The van der Waals surface area contributed by atoms with Gasteiger partial charge in [0, 0.05) is 18.3 Å². The Morgan fingerprint density at radius 2 is 2.00 bits per heavy atom. The lowest BCUT2D eigenvalue weighted by atomic mass is 10.1. The van der Waals surface area contributed by atoms with Crippen LogP contribution in [0, 0.1) is 0 Å². The highest BCUT2D eigenvalue weighted by Crippen LogP contribution is 2.36. The normalized spacial score (nSPS) is 16.4. The number of amides is 1. The highest BCUT2D eigenvalue weighted by molar-refractivity contribution is 7.99. The molecule has 5 rings (SSSR count). The van der Waals surface area contributed by atoms with Gasteiger partial charge in [-0.3, -0.25) is 14.2 Å². The van der Waals surface area contributed by atoms with Crippen molar-refractivity contribution < 1.29 is 4.79 Å². The molecule has 6 nitrogen and oxygen atoms in total. The number of nitrogens with zero attached hydrogens (tertiary/aromatic N) is 4. The fraction of sp³-hybridized carbons (Fsp3) is 0.200. The molecule has 0 saturated heterocycles. The maximum Gasteiger partial charge on any atom is 0.271 e. The molecule has 10 heteroatoms. The number of carbonyl (C=O) groups is 1. The zero-order valence-corrected chi connectivity index (χ0v) is 19.1. The zero-order chi connectivity index (χ0) is 20.7. The Hall–Kier alpha value is -2.27. The van der Waals surface area contributed by atoms with Crippen LogP contribution in [0.1, 0.15) is 22.2 Å². The fourth-order valence-electron chi connectivity index (χ4n) is 3.32. The molecular weight excluding hydrogens is 457 g/mol. The van der Waals surface area contributed by atoms with Gasteiger partial charge in [0.25, 0.3) is 11.5 Å². The van der Waals surface area contributed by atoms with E-state index in [4.69, 9.17) is 0 Å². The lowest BCUT2D eigenvalue weighted by molar-refractivity contribution is -0.130. The second-order valence-corrected chi connectivity index (χ2v) is 10.5. The molecule has 0 radical (unpaired) electrons. The van der Waals surface area contributed by atoms with Crippen molar-refractivity contribution in [3.05, 3.63) is 66.6 Å². The van der Waals surface area contributed by atoms with Crippen molar-refractivity contribution in [3.63, 3.8) is 0 Å². The highest BCUT2D eigenvalue weighted by Gasteiger charge is 2.34. The molecule has 0 spiro atoms. The first kappa shape index (κ1) is 19.7. The Morgan fingerprint density at radius 3 is 2.77 bits per heavy atom. The molecule has 5 heterocycles. The molecule has 1 aliphatic rings. The molecule has 0 bridgehead atoms. The molecule has 1 aliphatic heterocycles. The van der Waals surface area contributed by atoms with Gasteiger partial charge in [-0.2, -0.15) is 5.10 Å². The summed E-state index contributed by atoms with van der Waals surface area (Å²) in [6.45, 7) is 0. The van der Waals surface area contributed by atoms with Gasteiger partial charge in [0.15, 0.2) is 5.16 Å². The van der Waals surface area contributed by atoms with Gasteiger partial charge in [-0.1, -0.05) is 23.9 Å². The molecule has 0 saturated carbocycles. The van der Waals surface area contributed by atoms with Gasteiger partial charge in [-0.05, 0) is 34.3 Å². The molecule has 0 aromatic carbocycles. The molecule has 30 heavy (non-hydrogen) atoms. The van der Waals surface area contributed by atoms with Crippen molar-refractivity contribution in [1.29, 1.82) is 0 Å². The topological polar surface area (TPSA) is 67.6 Å². The Bertz CT molecular complexity index is 1290. The number of hydrogen-bond acceptors (Lipinski definition) is 8. The summed E-state index contributed by atoms with van der Waals surface area (Å²) >= 11 is 5.92. The Kier molecular flexibility index (Phi) is 5.32. The number of hydrazone groups is 1. The second kappa shape index (κ2) is 8.10. The minimum absolute atomic E-state index is 0.0828. The van der Waals surface area contributed by atoms with Gasteiger partial charge >= 0.3 is 0 Å². The average molecular weight is 473 g/mol. The maximum absolute atomic E-state index is 13.1.